The molecule has 7 heteroatoms. The van der Waals surface area contributed by atoms with E-state index in [4.69, 9.17) is 21.2 Å². The van der Waals surface area contributed by atoms with Gasteiger partial charge in [0.15, 0.2) is 0 Å². The quantitative estimate of drug-likeness (QED) is 0.911. The van der Waals surface area contributed by atoms with Gasteiger partial charge < -0.3 is 9.63 Å². The van der Waals surface area contributed by atoms with Gasteiger partial charge in [0, 0.05) is 23.6 Å². The lowest BCUT2D eigenvalue weighted by Gasteiger charge is -2.19. The first kappa shape index (κ1) is 15.0. The zero-order chi connectivity index (χ0) is 15.5. The molecule has 1 N–H and O–H groups in total. The molecule has 0 radical (unpaired) electrons. The number of carboxylic acid groups (broad SMARTS) is 1. The van der Waals surface area contributed by atoms with Gasteiger partial charge >= 0.3 is 5.97 Å². The number of carboxylic acids is 1. The van der Waals surface area contributed by atoms with Crippen molar-refractivity contribution in [2.45, 2.75) is 25.3 Å². The van der Waals surface area contributed by atoms with Crippen molar-refractivity contribution in [3.63, 3.8) is 0 Å². The van der Waals surface area contributed by atoms with E-state index in [0.717, 1.165) is 18.5 Å². The summed E-state index contributed by atoms with van der Waals surface area (Å²) in [5.41, 5.74) is 0.837. The lowest BCUT2D eigenvalue weighted by atomic mass is 10.2. The Labute approximate surface area is 132 Å². The number of carbonyl (C=O) groups is 1. The van der Waals surface area contributed by atoms with E-state index in [-0.39, 0.29) is 0 Å². The Balaban J connectivity index is 1.62. The van der Waals surface area contributed by atoms with E-state index >= 15 is 0 Å². The molecule has 2 heterocycles. The smallest absolute Gasteiger partial charge is 0.320 e. The fourth-order valence-corrected chi connectivity index (χ4v) is 2.81. The Morgan fingerprint density at radius 1 is 1.41 bits per heavy atom. The summed E-state index contributed by atoms with van der Waals surface area (Å²) < 4.78 is 5.24. The average molecular weight is 322 g/mol. The van der Waals surface area contributed by atoms with E-state index in [2.05, 4.69) is 10.1 Å². The van der Waals surface area contributed by atoms with Crippen LogP contribution in [0, 0.1) is 0 Å². The lowest BCUT2D eigenvalue weighted by Crippen LogP contribution is -2.37. The topological polar surface area (TPSA) is 79.5 Å². The number of hydrogen-bond acceptors (Lipinski definition) is 5. The van der Waals surface area contributed by atoms with Crippen molar-refractivity contribution >= 4 is 17.6 Å². The molecule has 1 atom stereocenters. The Bertz CT molecular complexity index is 656. The van der Waals surface area contributed by atoms with Gasteiger partial charge in [-0.25, -0.2) is 0 Å². The minimum absolute atomic E-state index is 0.390. The molecule has 22 heavy (non-hydrogen) atoms. The van der Waals surface area contributed by atoms with Gasteiger partial charge in [-0.05, 0) is 43.7 Å². The van der Waals surface area contributed by atoms with Crippen molar-refractivity contribution in [2.75, 3.05) is 13.1 Å². The number of likely N-dealkylation sites (tertiary alicyclic amines) is 1. The number of benzene rings is 1. The maximum absolute atomic E-state index is 11.1. The molecule has 1 aromatic heterocycles. The van der Waals surface area contributed by atoms with Crippen molar-refractivity contribution in [2.24, 2.45) is 0 Å². The van der Waals surface area contributed by atoms with Crippen LogP contribution in [0.25, 0.3) is 11.4 Å². The van der Waals surface area contributed by atoms with E-state index < -0.39 is 12.0 Å². The van der Waals surface area contributed by atoms with E-state index in [1.54, 1.807) is 12.1 Å². The first-order valence-corrected chi connectivity index (χ1v) is 7.56. The molecule has 0 spiro atoms. The number of aromatic nitrogens is 2. The van der Waals surface area contributed by atoms with Crippen LogP contribution in [0.4, 0.5) is 0 Å². The number of aliphatic carboxylic acids is 1. The van der Waals surface area contributed by atoms with Crippen LogP contribution in [0.3, 0.4) is 0 Å². The van der Waals surface area contributed by atoms with Gasteiger partial charge in [0.1, 0.15) is 6.04 Å². The molecule has 1 aliphatic heterocycles. The molecule has 3 rings (SSSR count). The molecule has 1 aromatic carbocycles. The van der Waals surface area contributed by atoms with Gasteiger partial charge in [-0.2, -0.15) is 4.98 Å². The highest BCUT2D eigenvalue weighted by atomic mass is 35.5. The summed E-state index contributed by atoms with van der Waals surface area (Å²) in [6, 6.07) is 6.82. The fourth-order valence-electron chi connectivity index (χ4n) is 2.69. The van der Waals surface area contributed by atoms with Crippen molar-refractivity contribution in [3.8, 4) is 11.4 Å². The molecular weight excluding hydrogens is 306 g/mol. The molecule has 116 valence electrons. The van der Waals surface area contributed by atoms with Crippen molar-refractivity contribution in [1.82, 2.24) is 15.0 Å². The maximum Gasteiger partial charge on any atom is 0.320 e. The first-order valence-electron chi connectivity index (χ1n) is 7.19. The monoisotopic (exact) mass is 321 g/mol. The summed E-state index contributed by atoms with van der Waals surface area (Å²) in [6.45, 7) is 1.41. The van der Waals surface area contributed by atoms with Crippen LogP contribution in [-0.2, 0) is 11.2 Å². The largest absolute Gasteiger partial charge is 0.480 e. The normalized spacial score (nSPS) is 18.7. The summed E-state index contributed by atoms with van der Waals surface area (Å²) in [5.74, 6) is 0.272. The zero-order valence-electron chi connectivity index (χ0n) is 11.9. The lowest BCUT2D eigenvalue weighted by molar-refractivity contribution is -0.142. The van der Waals surface area contributed by atoms with E-state index in [9.17, 15) is 4.79 Å². The molecular formula is C15H16ClN3O3. The van der Waals surface area contributed by atoms with Crippen LogP contribution < -0.4 is 0 Å². The summed E-state index contributed by atoms with van der Waals surface area (Å²) in [7, 11) is 0. The molecule has 1 saturated heterocycles. The van der Waals surface area contributed by atoms with Gasteiger partial charge in [0.05, 0.1) is 0 Å². The van der Waals surface area contributed by atoms with E-state index in [0.29, 0.717) is 36.1 Å². The van der Waals surface area contributed by atoms with Gasteiger partial charge in [-0.1, -0.05) is 16.8 Å². The van der Waals surface area contributed by atoms with Crippen LogP contribution >= 0.6 is 11.6 Å². The minimum atomic E-state index is -0.759. The van der Waals surface area contributed by atoms with E-state index in [1.165, 1.54) is 0 Å². The minimum Gasteiger partial charge on any atom is -0.480 e. The Kier molecular flexibility index (Phi) is 4.40. The second-order valence-corrected chi connectivity index (χ2v) is 5.74. The second kappa shape index (κ2) is 6.46. The molecule has 2 aromatic rings. The van der Waals surface area contributed by atoms with Crippen molar-refractivity contribution in [3.05, 3.63) is 35.2 Å². The predicted octanol–water partition coefficient (Wildman–Crippen LogP) is 2.48. The highest BCUT2D eigenvalue weighted by molar-refractivity contribution is 6.30. The predicted molar refractivity (Wildman–Crippen MR) is 80.7 cm³/mol. The number of halogens is 1. The van der Waals surface area contributed by atoms with Gasteiger partial charge in [-0.3, -0.25) is 9.69 Å². The van der Waals surface area contributed by atoms with E-state index in [1.807, 2.05) is 17.0 Å². The number of nitrogens with zero attached hydrogens (tertiary/aromatic N) is 3. The molecule has 0 bridgehead atoms. The number of rotatable bonds is 5. The van der Waals surface area contributed by atoms with Crippen molar-refractivity contribution in [1.29, 1.82) is 0 Å². The third-order valence-corrected chi connectivity index (χ3v) is 4.08. The molecule has 1 fully saturated rings. The van der Waals surface area contributed by atoms with Crippen molar-refractivity contribution < 1.29 is 14.4 Å². The molecule has 0 aliphatic carbocycles. The van der Waals surface area contributed by atoms with Gasteiger partial charge in [0.2, 0.25) is 11.7 Å². The highest BCUT2D eigenvalue weighted by Gasteiger charge is 2.30. The maximum atomic E-state index is 11.1. The van der Waals surface area contributed by atoms with Gasteiger partial charge in [0.25, 0.3) is 0 Å². The third-order valence-electron chi connectivity index (χ3n) is 3.83. The summed E-state index contributed by atoms with van der Waals surface area (Å²) in [4.78, 5) is 17.4. The molecule has 1 aliphatic rings. The second-order valence-electron chi connectivity index (χ2n) is 5.30. The Hall–Kier alpha value is -1.92. The standard InChI is InChI=1S/C15H16ClN3O3/c16-11-5-3-10(4-6-11)14-17-13(22-18-14)7-9-19-8-1-2-12(19)15(20)21/h3-6,12H,1-2,7-9H2,(H,20,21). The summed E-state index contributed by atoms with van der Waals surface area (Å²) in [6.07, 6.45) is 2.16. The highest BCUT2D eigenvalue weighted by Crippen LogP contribution is 2.20. The molecule has 6 nitrogen and oxygen atoms in total. The Morgan fingerprint density at radius 2 is 2.18 bits per heavy atom. The van der Waals surface area contributed by atoms with Crippen LogP contribution in [0.1, 0.15) is 18.7 Å². The fraction of sp³-hybridized carbons (Fsp3) is 0.400. The van der Waals surface area contributed by atoms with Crippen LogP contribution in [0.15, 0.2) is 28.8 Å². The third kappa shape index (κ3) is 3.28. The Morgan fingerprint density at radius 3 is 2.91 bits per heavy atom. The summed E-state index contributed by atoms with van der Waals surface area (Å²) in [5, 5.41) is 13.8. The van der Waals surface area contributed by atoms with Crippen LogP contribution in [-0.4, -0.2) is 45.2 Å². The van der Waals surface area contributed by atoms with Crippen LogP contribution in [0.2, 0.25) is 5.02 Å². The average Bonchev–Trinajstić information content (AvgIpc) is 3.15. The molecule has 1 unspecified atom stereocenters. The van der Waals surface area contributed by atoms with Crippen LogP contribution in [0.5, 0.6) is 0 Å². The molecule has 0 amide bonds. The molecule has 0 saturated carbocycles. The van der Waals surface area contributed by atoms with Gasteiger partial charge in [-0.15, -0.1) is 0 Å². The number of hydrogen-bond donors (Lipinski definition) is 1. The SMILES string of the molecule is O=C(O)C1CCCN1CCc1nc(-c2ccc(Cl)cc2)no1. The summed E-state index contributed by atoms with van der Waals surface area (Å²) >= 11 is 5.85. The first-order chi connectivity index (χ1) is 10.6. The zero-order valence-corrected chi connectivity index (χ0v) is 12.7.